The molecule has 0 aliphatic carbocycles. The Balaban J connectivity index is 3.47. The second kappa shape index (κ2) is 5.33. The van der Waals surface area contributed by atoms with Crippen LogP contribution < -0.4 is 9.47 Å². The van der Waals surface area contributed by atoms with E-state index in [9.17, 15) is 14.3 Å². The Morgan fingerprint density at radius 1 is 1.47 bits per heavy atom. The average molecular weight is 309 g/mol. The molecule has 0 fully saturated rings. The zero-order chi connectivity index (χ0) is 13.2. The third-order valence-corrected chi connectivity index (χ3v) is 2.89. The van der Waals surface area contributed by atoms with Crippen LogP contribution in [0.15, 0.2) is 10.5 Å². The van der Waals surface area contributed by atoms with Crippen LogP contribution in [0.25, 0.3) is 0 Å². The molecule has 7 heteroatoms. The number of carbonyl (C=O) groups is 1. The second-order valence-corrected chi connectivity index (χ2v) is 3.86. The number of methoxy groups -OCH3 is 2. The van der Waals surface area contributed by atoms with Crippen molar-refractivity contribution in [2.75, 3.05) is 14.2 Å². The van der Waals surface area contributed by atoms with Crippen LogP contribution in [0.2, 0.25) is 0 Å². The van der Waals surface area contributed by atoms with Crippen molar-refractivity contribution in [3.63, 3.8) is 0 Å². The molecule has 17 heavy (non-hydrogen) atoms. The van der Waals surface area contributed by atoms with Gasteiger partial charge in [0.1, 0.15) is 5.82 Å². The van der Waals surface area contributed by atoms with Crippen LogP contribution in [0.4, 0.5) is 4.39 Å². The maximum atomic E-state index is 13.6. The van der Waals surface area contributed by atoms with Gasteiger partial charge in [0.15, 0.2) is 17.6 Å². The smallest absolute Gasteiger partial charge is 0.337 e. The summed E-state index contributed by atoms with van der Waals surface area (Å²) >= 11 is 2.98. The van der Waals surface area contributed by atoms with Gasteiger partial charge < -0.3 is 19.7 Å². The van der Waals surface area contributed by atoms with E-state index >= 15 is 0 Å². The van der Waals surface area contributed by atoms with E-state index < -0.39 is 23.5 Å². The van der Waals surface area contributed by atoms with E-state index in [2.05, 4.69) is 15.9 Å². The number of hydrogen-bond donors (Lipinski definition) is 2. The van der Waals surface area contributed by atoms with Crippen LogP contribution in [-0.4, -0.2) is 30.4 Å². The molecule has 1 rings (SSSR count). The molecule has 0 heterocycles. The normalized spacial score (nSPS) is 12.1. The first-order valence-corrected chi connectivity index (χ1v) is 5.24. The molecule has 0 radical (unpaired) electrons. The van der Waals surface area contributed by atoms with Gasteiger partial charge in [-0.15, -0.1) is 0 Å². The lowest BCUT2D eigenvalue weighted by Crippen LogP contribution is -2.13. The summed E-state index contributed by atoms with van der Waals surface area (Å²) in [5, 5.41) is 18.0. The first-order valence-electron chi connectivity index (χ1n) is 4.44. The van der Waals surface area contributed by atoms with Crippen molar-refractivity contribution in [1.29, 1.82) is 0 Å². The number of rotatable bonds is 4. The van der Waals surface area contributed by atoms with Crippen LogP contribution >= 0.6 is 15.9 Å². The lowest BCUT2D eigenvalue weighted by atomic mass is 10.1. The molecule has 5 nitrogen and oxygen atoms in total. The minimum absolute atomic E-state index is 0.00625. The number of aliphatic hydroxyl groups excluding tert-OH is 1. The number of halogens is 2. The largest absolute Gasteiger partial charge is 0.493 e. The standard InChI is InChI=1S/C10H10BrFO5/c1-16-5-3-4(12)6(8(13)10(14)15)7(11)9(5)17-2/h3,8,13H,1-2H3,(H,14,15). The molecular formula is C10H10BrFO5. The van der Waals surface area contributed by atoms with Crippen molar-refractivity contribution >= 4 is 21.9 Å². The Labute approximate surface area is 105 Å². The topological polar surface area (TPSA) is 76.0 Å². The zero-order valence-electron chi connectivity index (χ0n) is 9.03. The molecule has 2 N–H and O–H groups in total. The molecule has 0 bridgehead atoms. The highest BCUT2D eigenvalue weighted by molar-refractivity contribution is 9.10. The van der Waals surface area contributed by atoms with Gasteiger partial charge in [0, 0.05) is 11.6 Å². The monoisotopic (exact) mass is 308 g/mol. The highest BCUT2D eigenvalue weighted by Gasteiger charge is 2.27. The molecule has 0 aliphatic rings. The number of aliphatic hydroxyl groups is 1. The third kappa shape index (κ3) is 2.50. The molecule has 1 aromatic rings. The van der Waals surface area contributed by atoms with E-state index in [0.29, 0.717) is 0 Å². The fraction of sp³-hybridized carbons (Fsp3) is 0.300. The molecule has 94 valence electrons. The van der Waals surface area contributed by atoms with Crippen molar-refractivity contribution in [1.82, 2.24) is 0 Å². The number of aliphatic carboxylic acids is 1. The Kier molecular flexibility index (Phi) is 4.30. The van der Waals surface area contributed by atoms with Crippen molar-refractivity contribution in [2.24, 2.45) is 0 Å². The Morgan fingerprint density at radius 2 is 2.06 bits per heavy atom. The highest BCUT2D eigenvalue weighted by atomic mass is 79.9. The van der Waals surface area contributed by atoms with Gasteiger partial charge >= 0.3 is 5.97 Å². The molecule has 0 saturated carbocycles. The van der Waals surface area contributed by atoms with Gasteiger partial charge in [0.05, 0.1) is 18.7 Å². The van der Waals surface area contributed by atoms with Gasteiger partial charge in [0.2, 0.25) is 0 Å². The van der Waals surface area contributed by atoms with E-state index in [0.717, 1.165) is 6.07 Å². The van der Waals surface area contributed by atoms with E-state index in [-0.39, 0.29) is 16.0 Å². The summed E-state index contributed by atoms with van der Waals surface area (Å²) in [6.07, 6.45) is -1.98. The highest BCUT2D eigenvalue weighted by Crippen LogP contribution is 2.41. The van der Waals surface area contributed by atoms with Gasteiger partial charge in [-0.1, -0.05) is 0 Å². The minimum atomic E-state index is -1.98. The summed E-state index contributed by atoms with van der Waals surface area (Å²) in [5.74, 6) is -2.25. The third-order valence-electron chi connectivity index (χ3n) is 2.11. The van der Waals surface area contributed by atoms with Crippen LogP contribution in [0.5, 0.6) is 11.5 Å². The summed E-state index contributed by atoms with van der Waals surface area (Å²) in [7, 11) is 2.63. The van der Waals surface area contributed by atoms with Crippen LogP contribution in [0, 0.1) is 5.82 Å². The number of benzene rings is 1. The molecule has 0 spiro atoms. The quantitative estimate of drug-likeness (QED) is 0.886. The van der Waals surface area contributed by atoms with Crippen LogP contribution in [0.3, 0.4) is 0 Å². The summed E-state index contributed by atoms with van der Waals surface area (Å²) < 4.78 is 23.5. The number of carboxylic acids is 1. The van der Waals surface area contributed by atoms with E-state index in [1.807, 2.05) is 0 Å². The maximum absolute atomic E-state index is 13.6. The fourth-order valence-electron chi connectivity index (χ4n) is 1.31. The minimum Gasteiger partial charge on any atom is -0.493 e. The molecule has 1 unspecified atom stereocenters. The maximum Gasteiger partial charge on any atom is 0.337 e. The molecule has 0 aliphatic heterocycles. The van der Waals surface area contributed by atoms with Crippen molar-refractivity contribution in [2.45, 2.75) is 6.10 Å². The summed E-state index contributed by atoms with van der Waals surface area (Å²) in [6, 6.07) is 0.949. The second-order valence-electron chi connectivity index (χ2n) is 3.06. The lowest BCUT2D eigenvalue weighted by molar-refractivity contribution is -0.147. The van der Waals surface area contributed by atoms with Gasteiger partial charge in [-0.3, -0.25) is 0 Å². The van der Waals surface area contributed by atoms with Crippen molar-refractivity contribution in [3.05, 3.63) is 21.9 Å². The molecule has 1 aromatic carbocycles. The summed E-state index contributed by atoms with van der Waals surface area (Å²) in [4.78, 5) is 10.6. The molecule has 0 saturated heterocycles. The number of carboxylic acid groups (broad SMARTS) is 1. The molecule has 0 amide bonds. The van der Waals surface area contributed by atoms with E-state index in [4.69, 9.17) is 14.6 Å². The van der Waals surface area contributed by atoms with Crippen molar-refractivity contribution < 1.29 is 28.9 Å². The van der Waals surface area contributed by atoms with Gasteiger partial charge in [-0.2, -0.15) is 0 Å². The SMILES string of the molecule is COc1cc(F)c(C(O)C(=O)O)c(Br)c1OC. The summed E-state index contributed by atoms with van der Waals surface area (Å²) in [5.41, 5.74) is -0.407. The Hall–Kier alpha value is -1.34. The molecule has 0 aromatic heterocycles. The first-order chi connectivity index (χ1) is 7.93. The van der Waals surface area contributed by atoms with Gasteiger partial charge in [-0.05, 0) is 15.9 Å². The van der Waals surface area contributed by atoms with Crippen LogP contribution in [-0.2, 0) is 4.79 Å². The molecular weight excluding hydrogens is 299 g/mol. The van der Waals surface area contributed by atoms with Gasteiger partial charge in [0.25, 0.3) is 0 Å². The zero-order valence-corrected chi connectivity index (χ0v) is 10.6. The van der Waals surface area contributed by atoms with E-state index in [1.54, 1.807) is 0 Å². The van der Waals surface area contributed by atoms with Crippen LogP contribution in [0.1, 0.15) is 11.7 Å². The average Bonchev–Trinajstić information content (AvgIpc) is 2.27. The first kappa shape index (κ1) is 13.7. The Bertz CT molecular complexity index is 449. The Morgan fingerprint density at radius 3 is 2.47 bits per heavy atom. The lowest BCUT2D eigenvalue weighted by Gasteiger charge is -2.15. The number of ether oxygens (including phenoxy) is 2. The molecule has 1 atom stereocenters. The number of hydrogen-bond acceptors (Lipinski definition) is 4. The van der Waals surface area contributed by atoms with Crippen molar-refractivity contribution in [3.8, 4) is 11.5 Å². The van der Waals surface area contributed by atoms with Gasteiger partial charge in [-0.25, -0.2) is 9.18 Å². The predicted octanol–water partition coefficient (Wildman–Crippen LogP) is 1.72. The van der Waals surface area contributed by atoms with E-state index in [1.165, 1.54) is 14.2 Å². The fourth-order valence-corrected chi connectivity index (χ4v) is 2.07. The summed E-state index contributed by atoms with van der Waals surface area (Å²) in [6.45, 7) is 0. The predicted molar refractivity (Wildman–Crippen MR) is 59.8 cm³/mol.